The minimum Gasteiger partial charge on any atom is -0.342 e. The molecule has 4 rings (SSSR count). The van der Waals surface area contributed by atoms with Crippen LogP contribution < -0.4 is 0 Å². The van der Waals surface area contributed by atoms with E-state index in [2.05, 4.69) is 4.98 Å². The molecule has 158 valence electrons. The fourth-order valence-corrected chi connectivity index (χ4v) is 4.46. The molecular formula is C24H30N4O2. The summed E-state index contributed by atoms with van der Waals surface area (Å²) in [7, 11) is 0. The summed E-state index contributed by atoms with van der Waals surface area (Å²) in [5, 5.41) is 0. The zero-order valence-corrected chi connectivity index (χ0v) is 17.7. The van der Waals surface area contributed by atoms with E-state index in [9.17, 15) is 9.59 Å². The monoisotopic (exact) mass is 406 g/mol. The molecule has 2 amide bonds. The number of rotatable bonds is 4. The molecule has 2 fully saturated rings. The van der Waals surface area contributed by atoms with E-state index in [0.29, 0.717) is 18.5 Å². The van der Waals surface area contributed by atoms with Crippen molar-refractivity contribution in [3.63, 3.8) is 0 Å². The minimum atomic E-state index is 0.0436. The smallest absolute Gasteiger partial charge is 0.257 e. The fourth-order valence-electron chi connectivity index (χ4n) is 4.46. The second-order valence-corrected chi connectivity index (χ2v) is 8.42. The van der Waals surface area contributed by atoms with Crippen molar-refractivity contribution in [2.75, 3.05) is 26.2 Å². The fraction of sp³-hybridized carbons (Fsp3) is 0.500. The zero-order chi connectivity index (χ0) is 20.9. The highest BCUT2D eigenvalue weighted by atomic mass is 16.2. The molecule has 2 aliphatic rings. The third-order valence-electron chi connectivity index (χ3n) is 6.21. The number of benzene rings is 1. The number of likely N-dealkylation sites (tertiary alicyclic amines) is 2. The van der Waals surface area contributed by atoms with Crippen molar-refractivity contribution in [3.8, 4) is 0 Å². The van der Waals surface area contributed by atoms with Crippen molar-refractivity contribution in [2.24, 2.45) is 0 Å². The molecule has 2 saturated heterocycles. The Morgan fingerprint density at radius 3 is 2.47 bits per heavy atom. The lowest BCUT2D eigenvalue weighted by Crippen LogP contribution is -2.40. The first-order valence-corrected chi connectivity index (χ1v) is 11.1. The van der Waals surface area contributed by atoms with E-state index in [1.54, 1.807) is 6.20 Å². The van der Waals surface area contributed by atoms with Crippen LogP contribution in [0.25, 0.3) is 0 Å². The first kappa shape index (κ1) is 20.5. The Balaban J connectivity index is 1.42. The van der Waals surface area contributed by atoms with Gasteiger partial charge in [0.15, 0.2) is 0 Å². The van der Waals surface area contributed by atoms with Crippen LogP contribution in [-0.4, -0.2) is 57.8 Å². The summed E-state index contributed by atoms with van der Waals surface area (Å²) in [5.74, 6) is 1.07. The third kappa shape index (κ3) is 4.69. The van der Waals surface area contributed by atoms with E-state index in [1.807, 2.05) is 47.1 Å². The minimum absolute atomic E-state index is 0.0436. The number of piperidine rings is 2. The molecule has 2 aromatic rings. The van der Waals surface area contributed by atoms with Crippen LogP contribution in [0.5, 0.6) is 0 Å². The number of carbonyl (C=O) groups is 2. The molecule has 30 heavy (non-hydrogen) atoms. The van der Waals surface area contributed by atoms with Crippen LogP contribution >= 0.6 is 0 Å². The predicted octanol–water partition coefficient (Wildman–Crippen LogP) is 3.36. The van der Waals surface area contributed by atoms with E-state index >= 15 is 0 Å². The van der Waals surface area contributed by atoms with Crippen molar-refractivity contribution in [3.05, 3.63) is 59.2 Å². The summed E-state index contributed by atoms with van der Waals surface area (Å²) in [6, 6.07) is 9.87. The number of amides is 2. The van der Waals surface area contributed by atoms with E-state index in [0.717, 1.165) is 62.4 Å². The highest BCUT2D eigenvalue weighted by Crippen LogP contribution is 2.26. The molecule has 0 bridgehead atoms. The Morgan fingerprint density at radius 2 is 1.73 bits per heavy atom. The van der Waals surface area contributed by atoms with Crippen LogP contribution in [0.4, 0.5) is 0 Å². The standard InChI is InChI=1S/C24H30N4O2/c1-18-21(24(30)27-12-6-3-7-13-27)16-25-23(26-18)20-11-8-14-28(17-20)22(29)15-19-9-4-2-5-10-19/h2,4-5,9-10,16,20H,3,6-8,11-15,17H2,1H3. The SMILES string of the molecule is Cc1nc(C2CCCN(C(=O)Cc3ccccc3)C2)ncc1C(=O)N1CCCCC1. The van der Waals surface area contributed by atoms with Gasteiger partial charge in [-0.25, -0.2) is 9.97 Å². The van der Waals surface area contributed by atoms with Gasteiger partial charge in [0, 0.05) is 38.3 Å². The molecule has 0 radical (unpaired) electrons. The van der Waals surface area contributed by atoms with Gasteiger partial charge in [-0.05, 0) is 44.6 Å². The molecular weight excluding hydrogens is 376 g/mol. The molecule has 0 spiro atoms. The van der Waals surface area contributed by atoms with Crippen LogP contribution in [0, 0.1) is 6.92 Å². The highest BCUT2D eigenvalue weighted by molar-refractivity contribution is 5.95. The van der Waals surface area contributed by atoms with Gasteiger partial charge < -0.3 is 9.80 Å². The Kier molecular flexibility index (Phi) is 6.41. The van der Waals surface area contributed by atoms with E-state index in [-0.39, 0.29) is 17.7 Å². The third-order valence-corrected chi connectivity index (χ3v) is 6.21. The number of nitrogens with zero attached hydrogens (tertiary/aromatic N) is 4. The average Bonchev–Trinajstić information content (AvgIpc) is 2.80. The molecule has 1 atom stereocenters. The van der Waals surface area contributed by atoms with Crippen molar-refractivity contribution in [1.82, 2.24) is 19.8 Å². The van der Waals surface area contributed by atoms with E-state index < -0.39 is 0 Å². The summed E-state index contributed by atoms with van der Waals surface area (Å²) in [6.45, 7) is 4.96. The molecule has 1 unspecified atom stereocenters. The van der Waals surface area contributed by atoms with Gasteiger partial charge in [0.05, 0.1) is 17.7 Å². The van der Waals surface area contributed by atoms with Gasteiger partial charge >= 0.3 is 0 Å². The molecule has 0 saturated carbocycles. The normalized spacial score (nSPS) is 19.6. The maximum atomic E-state index is 12.8. The number of aryl methyl sites for hydroxylation is 1. The number of carbonyl (C=O) groups excluding carboxylic acids is 2. The number of hydrogen-bond donors (Lipinski definition) is 0. The summed E-state index contributed by atoms with van der Waals surface area (Å²) >= 11 is 0. The summed E-state index contributed by atoms with van der Waals surface area (Å²) < 4.78 is 0. The van der Waals surface area contributed by atoms with Gasteiger partial charge in [-0.3, -0.25) is 9.59 Å². The van der Waals surface area contributed by atoms with Crippen LogP contribution in [0.1, 0.15) is 65.5 Å². The summed E-state index contributed by atoms with van der Waals surface area (Å²) in [5.41, 5.74) is 2.38. The van der Waals surface area contributed by atoms with E-state index in [1.165, 1.54) is 6.42 Å². The van der Waals surface area contributed by atoms with Gasteiger partial charge in [-0.15, -0.1) is 0 Å². The van der Waals surface area contributed by atoms with Crippen molar-refractivity contribution >= 4 is 11.8 Å². The second-order valence-electron chi connectivity index (χ2n) is 8.42. The Hall–Kier alpha value is -2.76. The Bertz CT molecular complexity index is 893. The largest absolute Gasteiger partial charge is 0.342 e. The summed E-state index contributed by atoms with van der Waals surface area (Å²) in [6.07, 6.45) is 7.36. The molecule has 3 heterocycles. The molecule has 1 aromatic heterocycles. The lowest BCUT2D eigenvalue weighted by Gasteiger charge is -2.32. The lowest BCUT2D eigenvalue weighted by molar-refractivity contribution is -0.131. The molecule has 0 aliphatic carbocycles. The highest BCUT2D eigenvalue weighted by Gasteiger charge is 2.28. The topological polar surface area (TPSA) is 66.4 Å². The van der Waals surface area contributed by atoms with Crippen LogP contribution in [-0.2, 0) is 11.2 Å². The van der Waals surface area contributed by atoms with Crippen LogP contribution in [0.3, 0.4) is 0 Å². The van der Waals surface area contributed by atoms with Gasteiger partial charge in [0.2, 0.25) is 5.91 Å². The predicted molar refractivity (Wildman–Crippen MR) is 115 cm³/mol. The first-order valence-electron chi connectivity index (χ1n) is 11.1. The number of aromatic nitrogens is 2. The van der Waals surface area contributed by atoms with E-state index in [4.69, 9.17) is 4.98 Å². The van der Waals surface area contributed by atoms with Crippen LogP contribution in [0.15, 0.2) is 36.5 Å². The molecule has 2 aliphatic heterocycles. The van der Waals surface area contributed by atoms with Crippen molar-refractivity contribution in [1.29, 1.82) is 0 Å². The zero-order valence-electron chi connectivity index (χ0n) is 17.7. The van der Waals surface area contributed by atoms with Crippen LogP contribution in [0.2, 0.25) is 0 Å². The molecule has 1 aromatic carbocycles. The van der Waals surface area contributed by atoms with Gasteiger partial charge in [-0.2, -0.15) is 0 Å². The first-order chi connectivity index (χ1) is 14.6. The lowest BCUT2D eigenvalue weighted by atomic mass is 9.96. The Morgan fingerprint density at radius 1 is 1.00 bits per heavy atom. The molecule has 6 nitrogen and oxygen atoms in total. The second kappa shape index (κ2) is 9.37. The van der Waals surface area contributed by atoms with Gasteiger partial charge in [0.1, 0.15) is 5.82 Å². The summed E-state index contributed by atoms with van der Waals surface area (Å²) in [4.78, 5) is 38.7. The van der Waals surface area contributed by atoms with Gasteiger partial charge in [0.25, 0.3) is 5.91 Å². The maximum Gasteiger partial charge on any atom is 0.257 e. The molecule has 6 heteroatoms. The Labute approximate surface area is 178 Å². The molecule has 0 N–H and O–H groups in total. The van der Waals surface area contributed by atoms with Crippen molar-refractivity contribution < 1.29 is 9.59 Å². The van der Waals surface area contributed by atoms with Crippen molar-refractivity contribution in [2.45, 2.75) is 51.4 Å². The quantitative estimate of drug-likeness (QED) is 0.781. The maximum absolute atomic E-state index is 12.8. The van der Waals surface area contributed by atoms with Gasteiger partial charge in [-0.1, -0.05) is 30.3 Å². The number of hydrogen-bond acceptors (Lipinski definition) is 4. The average molecular weight is 407 g/mol.